The van der Waals surface area contributed by atoms with Gasteiger partial charge < -0.3 is 10.4 Å². The number of carbonyl (C=O) groups is 1. The maximum absolute atomic E-state index is 11.6. The van der Waals surface area contributed by atoms with E-state index in [0.29, 0.717) is 18.4 Å². The summed E-state index contributed by atoms with van der Waals surface area (Å²) < 4.78 is 0. The zero-order chi connectivity index (χ0) is 13.7. The van der Waals surface area contributed by atoms with Gasteiger partial charge in [-0.1, -0.05) is 19.8 Å². The first-order valence-corrected chi connectivity index (χ1v) is 7.25. The predicted octanol–water partition coefficient (Wildman–Crippen LogP) is 3.24. The highest BCUT2D eigenvalue weighted by Crippen LogP contribution is 2.27. The van der Waals surface area contributed by atoms with Gasteiger partial charge in [0.1, 0.15) is 0 Å². The van der Waals surface area contributed by atoms with Crippen LogP contribution in [0.5, 0.6) is 0 Å². The zero-order valence-corrected chi connectivity index (χ0v) is 11.6. The lowest BCUT2D eigenvalue weighted by Gasteiger charge is -2.31. The number of hydrogen-bond acceptors (Lipinski definition) is 3. The Balaban J connectivity index is 2.00. The molecule has 0 heterocycles. The summed E-state index contributed by atoms with van der Waals surface area (Å²) in [4.78, 5) is 11.6. The van der Waals surface area contributed by atoms with Crippen molar-refractivity contribution >= 4 is 11.5 Å². The average molecular weight is 261 g/mol. The highest BCUT2D eigenvalue weighted by molar-refractivity contribution is 5.96. The van der Waals surface area contributed by atoms with Gasteiger partial charge in [0.15, 0.2) is 5.78 Å². The third-order valence-electron chi connectivity index (χ3n) is 4.02. The minimum Gasteiger partial charge on any atom is -0.396 e. The van der Waals surface area contributed by atoms with E-state index >= 15 is 0 Å². The van der Waals surface area contributed by atoms with E-state index < -0.39 is 0 Å². The van der Waals surface area contributed by atoms with Crippen molar-refractivity contribution in [3.05, 3.63) is 29.8 Å². The molecule has 1 aliphatic rings. The van der Waals surface area contributed by atoms with Gasteiger partial charge in [0.2, 0.25) is 0 Å². The molecule has 3 heteroatoms. The second-order valence-electron chi connectivity index (χ2n) is 5.33. The minimum atomic E-state index is 0.178. The van der Waals surface area contributed by atoms with E-state index in [1.807, 2.05) is 31.2 Å². The molecule has 2 rings (SSSR count). The fourth-order valence-corrected chi connectivity index (χ4v) is 2.79. The highest BCUT2D eigenvalue weighted by Gasteiger charge is 2.24. The smallest absolute Gasteiger partial charge is 0.162 e. The number of anilines is 1. The molecule has 2 N–H and O–H groups in total. The first-order chi connectivity index (χ1) is 9.24. The quantitative estimate of drug-likeness (QED) is 0.800. The van der Waals surface area contributed by atoms with Crippen molar-refractivity contribution in [2.24, 2.45) is 5.92 Å². The molecule has 19 heavy (non-hydrogen) atoms. The molecule has 1 aromatic carbocycles. The molecule has 104 valence electrons. The molecule has 0 saturated heterocycles. The van der Waals surface area contributed by atoms with E-state index in [2.05, 4.69) is 5.32 Å². The largest absolute Gasteiger partial charge is 0.396 e. The van der Waals surface area contributed by atoms with E-state index in [1.54, 1.807) is 0 Å². The fourth-order valence-electron chi connectivity index (χ4n) is 2.79. The molecule has 0 amide bonds. The molecular weight excluding hydrogens is 238 g/mol. The summed E-state index contributed by atoms with van der Waals surface area (Å²) in [5.74, 6) is 0.531. The number of ketones is 1. The van der Waals surface area contributed by atoms with Gasteiger partial charge in [-0.05, 0) is 37.1 Å². The highest BCUT2D eigenvalue weighted by atomic mass is 16.3. The van der Waals surface area contributed by atoms with Crippen LogP contribution in [0.3, 0.4) is 0 Å². The number of Topliss-reactive ketones (excluding diaryl/α,β-unsaturated/α-hetero) is 1. The molecule has 0 radical (unpaired) electrons. The topological polar surface area (TPSA) is 49.3 Å². The fraction of sp³-hybridized carbons (Fsp3) is 0.562. The second kappa shape index (κ2) is 6.71. The lowest BCUT2D eigenvalue weighted by atomic mass is 9.85. The summed E-state index contributed by atoms with van der Waals surface area (Å²) in [5, 5.41) is 12.9. The van der Waals surface area contributed by atoms with Crippen molar-refractivity contribution in [3.8, 4) is 0 Å². The Morgan fingerprint density at radius 3 is 2.58 bits per heavy atom. The number of aliphatic hydroxyl groups is 1. The average Bonchev–Trinajstić information content (AvgIpc) is 2.48. The minimum absolute atomic E-state index is 0.178. The maximum atomic E-state index is 11.6. The van der Waals surface area contributed by atoms with E-state index in [-0.39, 0.29) is 12.4 Å². The monoisotopic (exact) mass is 261 g/mol. The summed E-state index contributed by atoms with van der Waals surface area (Å²) in [5.41, 5.74) is 1.81. The van der Waals surface area contributed by atoms with Crippen LogP contribution in [0.15, 0.2) is 24.3 Å². The van der Waals surface area contributed by atoms with E-state index in [9.17, 15) is 9.90 Å². The van der Waals surface area contributed by atoms with Gasteiger partial charge in [-0.25, -0.2) is 0 Å². The predicted molar refractivity (Wildman–Crippen MR) is 77.5 cm³/mol. The Labute approximate surface area is 115 Å². The third kappa shape index (κ3) is 3.57. The molecular formula is C16H23NO2. The summed E-state index contributed by atoms with van der Waals surface area (Å²) >= 11 is 0. The molecule has 0 bridgehead atoms. The zero-order valence-electron chi connectivity index (χ0n) is 11.6. The Morgan fingerprint density at radius 2 is 1.95 bits per heavy atom. The normalized spacial score (nSPS) is 23.1. The molecule has 0 aromatic heterocycles. The van der Waals surface area contributed by atoms with Gasteiger partial charge in [0, 0.05) is 36.2 Å². The standard InChI is InChI=1S/C16H23NO2/c1-2-16(19)12-7-9-14(10-8-12)17-15-6-4-3-5-13(15)11-18/h7-10,13,15,17-18H,2-6,11H2,1H3. The molecule has 0 aliphatic heterocycles. The van der Waals surface area contributed by atoms with Gasteiger partial charge in [0.05, 0.1) is 0 Å². The van der Waals surface area contributed by atoms with Crippen LogP contribution in [-0.2, 0) is 0 Å². The van der Waals surface area contributed by atoms with Gasteiger partial charge in [-0.15, -0.1) is 0 Å². The molecule has 2 atom stereocenters. The first-order valence-electron chi connectivity index (χ1n) is 7.25. The molecule has 1 fully saturated rings. The van der Waals surface area contributed by atoms with E-state index in [0.717, 1.165) is 24.1 Å². The first kappa shape index (κ1) is 14.1. The molecule has 0 spiro atoms. The van der Waals surface area contributed by atoms with Crippen molar-refractivity contribution in [2.45, 2.75) is 45.1 Å². The van der Waals surface area contributed by atoms with Crippen LogP contribution in [0.4, 0.5) is 5.69 Å². The van der Waals surface area contributed by atoms with Crippen LogP contribution < -0.4 is 5.32 Å². The number of carbonyl (C=O) groups excluding carboxylic acids is 1. The summed E-state index contributed by atoms with van der Waals surface area (Å²) in [6.07, 6.45) is 5.19. The summed E-state index contributed by atoms with van der Waals surface area (Å²) in [6.45, 7) is 2.13. The lowest BCUT2D eigenvalue weighted by molar-refractivity contribution is 0.0988. The molecule has 3 nitrogen and oxygen atoms in total. The van der Waals surface area contributed by atoms with Crippen LogP contribution >= 0.6 is 0 Å². The van der Waals surface area contributed by atoms with Crippen LogP contribution in [0.1, 0.15) is 49.4 Å². The number of benzene rings is 1. The van der Waals surface area contributed by atoms with E-state index in [1.165, 1.54) is 12.8 Å². The molecule has 1 aromatic rings. The SMILES string of the molecule is CCC(=O)c1ccc(NC2CCCCC2CO)cc1. The maximum Gasteiger partial charge on any atom is 0.162 e. The Morgan fingerprint density at radius 1 is 1.26 bits per heavy atom. The van der Waals surface area contributed by atoms with Crippen LogP contribution in [0, 0.1) is 5.92 Å². The van der Waals surface area contributed by atoms with Crippen molar-refractivity contribution in [1.82, 2.24) is 0 Å². The number of hydrogen-bond donors (Lipinski definition) is 2. The molecule has 1 saturated carbocycles. The van der Waals surface area contributed by atoms with Gasteiger partial charge in [-0.2, -0.15) is 0 Å². The van der Waals surface area contributed by atoms with Crippen molar-refractivity contribution in [3.63, 3.8) is 0 Å². The second-order valence-corrected chi connectivity index (χ2v) is 5.33. The number of rotatable bonds is 5. The third-order valence-corrected chi connectivity index (χ3v) is 4.02. The van der Waals surface area contributed by atoms with Crippen molar-refractivity contribution < 1.29 is 9.90 Å². The van der Waals surface area contributed by atoms with Crippen molar-refractivity contribution in [2.75, 3.05) is 11.9 Å². The number of nitrogens with one attached hydrogen (secondary N) is 1. The van der Waals surface area contributed by atoms with Crippen LogP contribution in [-0.4, -0.2) is 23.5 Å². The van der Waals surface area contributed by atoms with E-state index in [4.69, 9.17) is 0 Å². The van der Waals surface area contributed by atoms with Crippen LogP contribution in [0.2, 0.25) is 0 Å². The van der Waals surface area contributed by atoms with Gasteiger partial charge >= 0.3 is 0 Å². The Hall–Kier alpha value is -1.35. The van der Waals surface area contributed by atoms with Gasteiger partial charge in [0.25, 0.3) is 0 Å². The van der Waals surface area contributed by atoms with Gasteiger partial charge in [-0.3, -0.25) is 4.79 Å². The summed E-state index contributed by atoms with van der Waals surface area (Å²) in [6, 6.07) is 8.04. The molecule has 1 aliphatic carbocycles. The Kier molecular flexibility index (Phi) is 4.97. The molecule has 2 unspecified atom stereocenters. The lowest BCUT2D eigenvalue weighted by Crippen LogP contribution is -2.34. The van der Waals surface area contributed by atoms with Crippen molar-refractivity contribution in [1.29, 1.82) is 0 Å². The Bertz CT molecular complexity index is 413. The number of aliphatic hydroxyl groups excluding tert-OH is 1. The van der Waals surface area contributed by atoms with Crippen LogP contribution in [0.25, 0.3) is 0 Å². The summed E-state index contributed by atoms with van der Waals surface area (Å²) in [7, 11) is 0.